The highest BCUT2D eigenvalue weighted by Crippen LogP contribution is 2.25. The third-order valence-electron chi connectivity index (χ3n) is 2.83. The van der Waals surface area contributed by atoms with Gasteiger partial charge in [-0.3, -0.25) is 0 Å². The number of nitrogens with zero attached hydrogens (tertiary/aromatic N) is 4. The fourth-order valence-electron chi connectivity index (χ4n) is 1.91. The minimum atomic E-state index is -0.682. The van der Waals surface area contributed by atoms with E-state index in [1.165, 1.54) is 0 Å². The minimum Gasteiger partial charge on any atom is -0.464 e. The highest BCUT2D eigenvalue weighted by atomic mass is 16.5. The van der Waals surface area contributed by atoms with E-state index in [-0.39, 0.29) is 0 Å². The number of anilines is 2. The lowest BCUT2D eigenvalue weighted by Crippen LogP contribution is -2.30. The summed E-state index contributed by atoms with van der Waals surface area (Å²) in [6.45, 7) is 5.45. The van der Waals surface area contributed by atoms with E-state index in [9.17, 15) is 5.11 Å². The van der Waals surface area contributed by atoms with Crippen molar-refractivity contribution < 1.29 is 9.84 Å². The van der Waals surface area contributed by atoms with E-state index in [1.54, 1.807) is 7.05 Å². The van der Waals surface area contributed by atoms with Crippen molar-refractivity contribution in [2.45, 2.75) is 25.9 Å². The molecular formula is C11H19N5O2. The lowest BCUT2D eigenvalue weighted by atomic mass is 10.1. The molecule has 0 radical (unpaired) electrons. The molecule has 1 fully saturated rings. The van der Waals surface area contributed by atoms with Gasteiger partial charge in [0, 0.05) is 20.1 Å². The predicted octanol–water partition coefficient (Wildman–Crippen LogP) is 0.273. The Labute approximate surface area is 106 Å². The maximum absolute atomic E-state index is 9.97. The van der Waals surface area contributed by atoms with Crippen LogP contribution in [0.3, 0.4) is 0 Å². The topological polar surface area (TPSA) is 83.4 Å². The molecule has 1 saturated heterocycles. The van der Waals surface area contributed by atoms with Gasteiger partial charge in [0.1, 0.15) is 0 Å². The summed E-state index contributed by atoms with van der Waals surface area (Å²) >= 11 is 0. The predicted molar refractivity (Wildman–Crippen MR) is 68.0 cm³/mol. The van der Waals surface area contributed by atoms with Crippen molar-refractivity contribution in [3.05, 3.63) is 0 Å². The average Bonchev–Trinajstić information content (AvgIpc) is 2.70. The van der Waals surface area contributed by atoms with Crippen molar-refractivity contribution in [2.24, 2.45) is 0 Å². The monoisotopic (exact) mass is 253 g/mol. The van der Waals surface area contributed by atoms with Crippen LogP contribution in [0.5, 0.6) is 6.01 Å². The van der Waals surface area contributed by atoms with Gasteiger partial charge < -0.3 is 20.1 Å². The second-order valence-electron chi connectivity index (χ2n) is 4.59. The molecule has 2 rings (SSSR count). The number of aliphatic hydroxyl groups is 1. The van der Waals surface area contributed by atoms with E-state index < -0.39 is 5.60 Å². The van der Waals surface area contributed by atoms with E-state index in [1.807, 2.05) is 18.7 Å². The van der Waals surface area contributed by atoms with E-state index in [2.05, 4.69) is 20.3 Å². The molecular weight excluding hydrogens is 234 g/mol. The van der Waals surface area contributed by atoms with Crippen LogP contribution in [0.1, 0.15) is 20.3 Å². The SMILES string of the molecule is CCOc1nc(NC)nc(N2CCC(C)(O)C2)n1. The fourth-order valence-corrected chi connectivity index (χ4v) is 1.91. The van der Waals surface area contributed by atoms with Crippen molar-refractivity contribution >= 4 is 11.9 Å². The first-order valence-corrected chi connectivity index (χ1v) is 6.08. The van der Waals surface area contributed by atoms with Crippen LogP contribution < -0.4 is 15.0 Å². The largest absolute Gasteiger partial charge is 0.464 e. The van der Waals surface area contributed by atoms with Gasteiger partial charge in [-0.1, -0.05) is 0 Å². The van der Waals surface area contributed by atoms with Crippen LogP contribution in [0.4, 0.5) is 11.9 Å². The van der Waals surface area contributed by atoms with Gasteiger partial charge in [0.25, 0.3) is 0 Å². The second kappa shape index (κ2) is 4.93. The Morgan fingerprint density at radius 3 is 2.78 bits per heavy atom. The maximum atomic E-state index is 9.97. The van der Waals surface area contributed by atoms with Crippen LogP contribution in [0.25, 0.3) is 0 Å². The van der Waals surface area contributed by atoms with Gasteiger partial charge in [-0.2, -0.15) is 15.0 Å². The van der Waals surface area contributed by atoms with Gasteiger partial charge in [-0.05, 0) is 20.3 Å². The van der Waals surface area contributed by atoms with Crippen LogP contribution in [-0.4, -0.2) is 52.4 Å². The normalized spacial score (nSPS) is 23.2. The van der Waals surface area contributed by atoms with E-state index in [4.69, 9.17) is 4.74 Å². The smallest absolute Gasteiger partial charge is 0.323 e. The first kappa shape index (κ1) is 12.8. The second-order valence-corrected chi connectivity index (χ2v) is 4.59. The van der Waals surface area contributed by atoms with Gasteiger partial charge in [-0.15, -0.1) is 0 Å². The number of rotatable bonds is 4. The van der Waals surface area contributed by atoms with Crippen LogP contribution >= 0.6 is 0 Å². The van der Waals surface area contributed by atoms with E-state index in [0.29, 0.717) is 37.5 Å². The zero-order valence-electron chi connectivity index (χ0n) is 11.0. The summed E-state index contributed by atoms with van der Waals surface area (Å²) in [5.74, 6) is 1.01. The highest BCUT2D eigenvalue weighted by Gasteiger charge is 2.33. The quantitative estimate of drug-likeness (QED) is 0.797. The number of nitrogens with one attached hydrogen (secondary N) is 1. The number of ether oxygens (including phenoxy) is 1. The Morgan fingerprint density at radius 2 is 2.22 bits per heavy atom. The van der Waals surface area contributed by atoms with Crippen molar-refractivity contribution in [1.82, 2.24) is 15.0 Å². The van der Waals surface area contributed by atoms with Crippen LogP contribution in [0, 0.1) is 0 Å². The zero-order chi connectivity index (χ0) is 13.2. The fraction of sp³-hybridized carbons (Fsp3) is 0.727. The molecule has 1 atom stereocenters. The number of β-amino-alcohol motifs (C(OH)–C–C–N with tert-alkyl or cyclic N) is 1. The molecule has 2 N–H and O–H groups in total. The van der Waals surface area contributed by atoms with Gasteiger partial charge in [0.05, 0.1) is 12.2 Å². The van der Waals surface area contributed by atoms with Crippen molar-refractivity contribution in [3.8, 4) is 6.01 Å². The molecule has 1 unspecified atom stereocenters. The third kappa shape index (κ3) is 2.79. The van der Waals surface area contributed by atoms with Crippen LogP contribution in [-0.2, 0) is 0 Å². The molecule has 0 saturated carbocycles. The zero-order valence-corrected chi connectivity index (χ0v) is 11.0. The first-order valence-electron chi connectivity index (χ1n) is 6.08. The molecule has 1 aromatic rings. The van der Waals surface area contributed by atoms with Gasteiger partial charge in [0.2, 0.25) is 11.9 Å². The van der Waals surface area contributed by atoms with E-state index >= 15 is 0 Å². The van der Waals surface area contributed by atoms with Crippen LogP contribution in [0.2, 0.25) is 0 Å². The number of hydrogen-bond donors (Lipinski definition) is 2. The summed E-state index contributed by atoms with van der Waals surface area (Å²) in [5, 5.41) is 12.8. The Bertz CT molecular complexity index is 424. The summed E-state index contributed by atoms with van der Waals surface area (Å²) in [6.07, 6.45) is 0.706. The standard InChI is InChI=1S/C11H19N5O2/c1-4-18-10-14-8(12-3)13-9(15-10)16-6-5-11(2,17)7-16/h17H,4-7H2,1-3H3,(H,12,13,14,15). The molecule has 7 heteroatoms. The lowest BCUT2D eigenvalue weighted by molar-refractivity contribution is 0.0838. The lowest BCUT2D eigenvalue weighted by Gasteiger charge is -2.19. The molecule has 0 aliphatic carbocycles. The molecule has 2 heterocycles. The Hall–Kier alpha value is -1.63. The molecule has 1 aromatic heterocycles. The van der Waals surface area contributed by atoms with Crippen molar-refractivity contribution in [2.75, 3.05) is 37.0 Å². The molecule has 0 amide bonds. The van der Waals surface area contributed by atoms with Crippen molar-refractivity contribution in [1.29, 1.82) is 0 Å². The summed E-state index contributed by atoms with van der Waals surface area (Å²) in [4.78, 5) is 14.6. The van der Waals surface area contributed by atoms with E-state index in [0.717, 1.165) is 6.54 Å². The molecule has 18 heavy (non-hydrogen) atoms. The molecule has 1 aliphatic heterocycles. The molecule has 0 aromatic carbocycles. The summed E-state index contributed by atoms with van der Waals surface area (Å²) < 4.78 is 5.31. The van der Waals surface area contributed by atoms with Gasteiger partial charge in [-0.25, -0.2) is 0 Å². The molecule has 1 aliphatic rings. The van der Waals surface area contributed by atoms with Gasteiger partial charge in [0.15, 0.2) is 0 Å². The maximum Gasteiger partial charge on any atom is 0.323 e. The van der Waals surface area contributed by atoms with Crippen LogP contribution in [0.15, 0.2) is 0 Å². The number of aromatic nitrogens is 3. The first-order chi connectivity index (χ1) is 8.54. The Kier molecular flexibility index (Phi) is 3.51. The Balaban J connectivity index is 2.24. The van der Waals surface area contributed by atoms with Crippen molar-refractivity contribution in [3.63, 3.8) is 0 Å². The number of hydrogen-bond acceptors (Lipinski definition) is 7. The summed E-state index contributed by atoms with van der Waals surface area (Å²) in [7, 11) is 1.75. The summed E-state index contributed by atoms with van der Waals surface area (Å²) in [5.41, 5.74) is -0.682. The molecule has 0 spiro atoms. The minimum absolute atomic E-state index is 0.304. The summed E-state index contributed by atoms with van der Waals surface area (Å²) in [6, 6.07) is 0.304. The Morgan fingerprint density at radius 1 is 1.44 bits per heavy atom. The third-order valence-corrected chi connectivity index (χ3v) is 2.83. The highest BCUT2D eigenvalue weighted by molar-refractivity contribution is 5.39. The molecule has 100 valence electrons. The molecule has 0 bridgehead atoms. The van der Waals surface area contributed by atoms with Gasteiger partial charge >= 0.3 is 6.01 Å². The average molecular weight is 253 g/mol. The molecule has 7 nitrogen and oxygen atoms in total.